The number of benzene rings is 2. The number of nitrogens with zero attached hydrogens (tertiary/aromatic N) is 3. The van der Waals surface area contributed by atoms with Crippen LogP contribution in [0.5, 0.6) is 11.5 Å². The molecule has 1 unspecified atom stereocenters. The zero-order chi connectivity index (χ0) is 25.9. The predicted molar refractivity (Wildman–Crippen MR) is 148 cm³/mol. The summed E-state index contributed by atoms with van der Waals surface area (Å²) in [7, 11) is 0. The van der Waals surface area contributed by atoms with Crippen LogP contribution in [0.15, 0.2) is 60.8 Å². The molecule has 196 valence electrons. The van der Waals surface area contributed by atoms with E-state index in [9.17, 15) is 9.90 Å². The molecular weight excluding hydrogens is 500 g/mol. The van der Waals surface area contributed by atoms with Crippen LogP contribution in [0.1, 0.15) is 37.4 Å². The van der Waals surface area contributed by atoms with Gasteiger partial charge in [0.15, 0.2) is 5.13 Å². The van der Waals surface area contributed by atoms with Gasteiger partial charge in [0.2, 0.25) is 6.41 Å². The van der Waals surface area contributed by atoms with Crippen molar-refractivity contribution in [3.63, 3.8) is 0 Å². The van der Waals surface area contributed by atoms with Gasteiger partial charge in [0.05, 0.1) is 41.2 Å². The molecule has 0 bridgehead atoms. The second-order valence-electron chi connectivity index (χ2n) is 9.81. The Balaban J connectivity index is 1.14. The summed E-state index contributed by atoms with van der Waals surface area (Å²) in [6.07, 6.45) is 6.21. The molecule has 0 spiro atoms. The summed E-state index contributed by atoms with van der Waals surface area (Å²) >= 11 is 1.57. The fourth-order valence-electron chi connectivity index (χ4n) is 5.07. The van der Waals surface area contributed by atoms with Gasteiger partial charge in [0, 0.05) is 30.4 Å². The highest BCUT2D eigenvalue weighted by atomic mass is 32.1. The number of thiazole rings is 1. The number of hydrogen-bond acceptors (Lipinski definition) is 8. The Morgan fingerprint density at radius 3 is 2.76 bits per heavy atom. The number of morpholine rings is 1. The molecule has 2 aromatic heterocycles. The van der Waals surface area contributed by atoms with Crippen LogP contribution < -0.4 is 10.1 Å². The maximum absolute atomic E-state index is 11.1. The largest absolute Gasteiger partial charge is 0.457 e. The average Bonchev–Trinajstić information content (AvgIpc) is 3.36. The maximum Gasteiger partial charge on any atom is 0.209 e. The van der Waals surface area contributed by atoms with Crippen molar-refractivity contribution in [2.75, 3.05) is 25.0 Å². The number of ether oxygens (including phenoxy) is 2. The first-order valence-corrected chi connectivity index (χ1v) is 13.9. The number of carbonyl (C=O) groups is 1. The number of aliphatic hydroxyl groups is 1. The highest BCUT2D eigenvalue weighted by Gasteiger charge is 2.24. The van der Waals surface area contributed by atoms with Gasteiger partial charge >= 0.3 is 0 Å². The molecule has 2 fully saturated rings. The highest BCUT2D eigenvalue weighted by molar-refractivity contribution is 7.22. The van der Waals surface area contributed by atoms with E-state index in [-0.39, 0.29) is 18.2 Å². The first-order valence-electron chi connectivity index (χ1n) is 13.0. The number of pyridine rings is 1. The zero-order valence-electron chi connectivity index (χ0n) is 21.0. The van der Waals surface area contributed by atoms with E-state index in [0.29, 0.717) is 25.4 Å². The summed E-state index contributed by atoms with van der Waals surface area (Å²) in [5, 5.41) is 14.5. The summed E-state index contributed by atoms with van der Waals surface area (Å²) in [4.78, 5) is 22.1. The summed E-state index contributed by atoms with van der Waals surface area (Å²) in [6, 6.07) is 17.8. The molecule has 1 saturated carbocycles. The number of anilines is 1. The fourth-order valence-corrected chi connectivity index (χ4v) is 6.03. The third-order valence-electron chi connectivity index (χ3n) is 7.19. The molecule has 1 saturated heterocycles. The minimum atomic E-state index is -0.319. The Hall–Kier alpha value is -3.53. The van der Waals surface area contributed by atoms with Gasteiger partial charge < -0.3 is 24.8 Å². The lowest BCUT2D eigenvalue weighted by molar-refractivity contribution is -0.125. The normalized spacial score (nSPS) is 21.8. The monoisotopic (exact) mass is 530 g/mol. The van der Waals surface area contributed by atoms with Crippen molar-refractivity contribution in [3.05, 3.63) is 66.4 Å². The molecule has 6 rings (SSSR count). The van der Waals surface area contributed by atoms with E-state index < -0.39 is 0 Å². The van der Waals surface area contributed by atoms with Crippen LogP contribution in [0.2, 0.25) is 0 Å². The van der Waals surface area contributed by atoms with Crippen molar-refractivity contribution in [1.82, 2.24) is 14.9 Å². The third kappa shape index (κ3) is 5.50. The number of hydrogen-bond donors (Lipinski definition) is 2. The van der Waals surface area contributed by atoms with Crippen molar-refractivity contribution in [2.24, 2.45) is 0 Å². The van der Waals surface area contributed by atoms with E-state index in [4.69, 9.17) is 14.5 Å². The first kappa shape index (κ1) is 24.8. The Morgan fingerprint density at radius 2 is 1.92 bits per heavy atom. The van der Waals surface area contributed by atoms with Crippen LogP contribution in [0.25, 0.3) is 21.5 Å². The van der Waals surface area contributed by atoms with Gasteiger partial charge in [-0.2, -0.15) is 0 Å². The number of aromatic nitrogens is 2. The van der Waals surface area contributed by atoms with E-state index in [2.05, 4.69) is 10.3 Å². The van der Waals surface area contributed by atoms with Crippen LogP contribution in [0, 0.1) is 0 Å². The topological polar surface area (TPSA) is 96.8 Å². The fraction of sp³-hybridized carbons (Fsp3) is 0.345. The molecule has 1 aliphatic heterocycles. The van der Waals surface area contributed by atoms with E-state index in [1.165, 1.54) is 0 Å². The standard InChI is InChI=1S/C29H30N4O4S/c34-18-33-13-14-36-27(17-33)20-7-5-19(6-8-20)25-15-22(11-12-30-25)37-21-9-10-24-28(16-21)38-29(32-24)31-23-3-1-2-4-26(23)35/h5-12,15-16,18,23,26-27,35H,1-4,13-14,17H2,(H,31,32)/t23-,26-,27?/m1/s1. The number of aliphatic hydroxyl groups excluding tert-OH is 1. The Bertz CT molecular complexity index is 1410. The number of amides is 1. The van der Waals surface area contributed by atoms with Crippen molar-refractivity contribution in [1.29, 1.82) is 0 Å². The molecule has 3 atom stereocenters. The van der Waals surface area contributed by atoms with Crippen LogP contribution in [0.4, 0.5) is 5.13 Å². The van der Waals surface area contributed by atoms with Crippen molar-refractivity contribution >= 4 is 33.1 Å². The number of rotatable bonds is 7. The van der Waals surface area contributed by atoms with Gasteiger partial charge in [-0.05, 0) is 36.6 Å². The van der Waals surface area contributed by atoms with E-state index in [1.807, 2.05) is 54.6 Å². The molecule has 4 aromatic rings. The van der Waals surface area contributed by atoms with Crippen molar-refractivity contribution in [2.45, 2.75) is 43.9 Å². The van der Waals surface area contributed by atoms with Gasteiger partial charge in [0.1, 0.15) is 17.6 Å². The molecule has 38 heavy (non-hydrogen) atoms. The minimum absolute atomic E-state index is 0.0607. The predicted octanol–water partition coefficient (Wildman–Crippen LogP) is 5.40. The summed E-state index contributed by atoms with van der Waals surface area (Å²) in [6.45, 7) is 1.74. The minimum Gasteiger partial charge on any atom is -0.457 e. The third-order valence-corrected chi connectivity index (χ3v) is 8.14. The van der Waals surface area contributed by atoms with Gasteiger partial charge in [-0.1, -0.05) is 48.4 Å². The lowest BCUT2D eigenvalue weighted by atomic mass is 9.93. The van der Waals surface area contributed by atoms with E-state index in [0.717, 1.165) is 70.0 Å². The lowest BCUT2D eigenvalue weighted by Gasteiger charge is -2.30. The van der Waals surface area contributed by atoms with Crippen LogP contribution >= 0.6 is 11.3 Å². The van der Waals surface area contributed by atoms with Gasteiger partial charge in [0.25, 0.3) is 0 Å². The molecule has 9 heteroatoms. The van der Waals surface area contributed by atoms with E-state index >= 15 is 0 Å². The molecule has 1 aliphatic carbocycles. The van der Waals surface area contributed by atoms with Gasteiger partial charge in [-0.25, -0.2) is 4.98 Å². The second-order valence-corrected chi connectivity index (χ2v) is 10.8. The lowest BCUT2D eigenvalue weighted by Crippen LogP contribution is -2.37. The molecule has 2 N–H and O–H groups in total. The highest BCUT2D eigenvalue weighted by Crippen LogP contribution is 2.34. The van der Waals surface area contributed by atoms with Gasteiger partial charge in [-0.15, -0.1) is 0 Å². The molecule has 0 radical (unpaired) electrons. The molecule has 3 heterocycles. The Labute approximate surface area is 225 Å². The van der Waals surface area contributed by atoms with Crippen molar-refractivity contribution in [3.8, 4) is 22.8 Å². The molecule has 8 nitrogen and oxygen atoms in total. The molecule has 2 aromatic carbocycles. The Morgan fingerprint density at radius 1 is 1.08 bits per heavy atom. The summed E-state index contributed by atoms with van der Waals surface area (Å²) in [5.74, 6) is 1.43. The van der Waals surface area contributed by atoms with Crippen LogP contribution in [-0.2, 0) is 9.53 Å². The molecular formula is C29H30N4O4S. The smallest absolute Gasteiger partial charge is 0.209 e. The Kier molecular flexibility index (Phi) is 7.22. The molecule has 2 aliphatic rings. The number of nitrogens with one attached hydrogen (secondary N) is 1. The van der Waals surface area contributed by atoms with E-state index in [1.54, 1.807) is 22.4 Å². The summed E-state index contributed by atoms with van der Waals surface area (Å²) in [5.41, 5.74) is 3.73. The van der Waals surface area contributed by atoms with Crippen LogP contribution in [0.3, 0.4) is 0 Å². The average molecular weight is 531 g/mol. The first-order chi connectivity index (χ1) is 18.6. The SMILES string of the molecule is O=CN1CCOC(c2ccc(-c3cc(Oc4ccc5nc(N[C@@H]6CCCC[C@H]6O)sc5c4)ccn3)cc2)C1. The van der Waals surface area contributed by atoms with Crippen molar-refractivity contribution < 1.29 is 19.4 Å². The number of fused-ring (bicyclic) bond motifs is 1. The molecule has 1 amide bonds. The zero-order valence-corrected chi connectivity index (χ0v) is 21.8. The van der Waals surface area contributed by atoms with Crippen LogP contribution in [-0.4, -0.2) is 58.2 Å². The quantitative estimate of drug-likeness (QED) is 0.309. The maximum atomic E-state index is 11.1. The number of carbonyl (C=O) groups excluding carboxylic acids is 1. The second kappa shape index (κ2) is 11.1. The van der Waals surface area contributed by atoms with Gasteiger partial charge in [-0.3, -0.25) is 9.78 Å². The summed E-state index contributed by atoms with van der Waals surface area (Å²) < 4.78 is 13.1.